The third kappa shape index (κ3) is 29.5. The fourth-order valence-electron chi connectivity index (χ4n) is 7.77. The zero-order chi connectivity index (χ0) is 45.8. The van der Waals surface area contributed by atoms with Crippen molar-refractivity contribution in [1.82, 2.24) is 0 Å². The van der Waals surface area contributed by atoms with Gasteiger partial charge in [-0.2, -0.15) is 0 Å². The standard InChI is InChI=1S/C54H94O8/c1-43(2)33-25-17-9-13-21-29-39-59-51(55)47-37-38-48(52(56)60-40-30-22-14-10-18-26-34-44(3)4)50(54(58)62-42-32-24-16-12-20-28-36-46(7)8)49(47)53(57)61-41-31-23-15-11-19-27-35-45(5)6/h37-38,43-46H,9-36,39-42H2,1-8H3. The van der Waals surface area contributed by atoms with E-state index in [4.69, 9.17) is 18.9 Å². The molecule has 8 heteroatoms. The van der Waals surface area contributed by atoms with E-state index in [2.05, 4.69) is 55.4 Å². The summed E-state index contributed by atoms with van der Waals surface area (Å²) in [5.74, 6) is -0.271. The van der Waals surface area contributed by atoms with Crippen LogP contribution in [0.15, 0.2) is 12.1 Å². The molecule has 0 bridgehead atoms. The molecule has 1 rings (SSSR count). The van der Waals surface area contributed by atoms with Crippen molar-refractivity contribution in [3.63, 3.8) is 0 Å². The number of rotatable bonds is 40. The summed E-state index contributed by atoms with van der Waals surface area (Å²) in [7, 11) is 0. The first-order valence-corrected chi connectivity index (χ1v) is 25.7. The van der Waals surface area contributed by atoms with Crippen LogP contribution >= 0.6 is 0 Å². The van der Waals surface area contributed by atoms with Crippen LogP contribution in [0.4, 0.5) is 0 Å². The molecule has 0 aliphatic heterocycles. The van der Waals surface area contributed by atoms with Crippen LogP contribution in [0, 0.1) is 23.7 Å². The van der Waals surface area contributed by atoms with Gasteiger partial charge in [-0.25, -0.2) is 19.2 Å². The van der Waals surface area contributed by atoms with Crippen molar-refractivity contribution < 1.29 is 38.1 Å². The second-order valence-electron chi connectivity index (χ2n) is 19.7. The molecule has 0 N–H and O–H groups in total. The van der Waals surface area contributed by atoms with Crippen molar-refractivity contribution in [3.05, 3.63) is 34.4 Å². The first-order chi connectivity index (χ1) is 29.8. The Kier molecular flexibility index (Phi) is 34.5. The second kappa shape index (κ2) is 37.5. The third-order valence-corrected chi connectivity index (χ3v) is 11.7. The van der Waals surface area contributed by atoms with E-state index < -0.39 is 23.9 Å². The quantitative estimate of drug-likeness (QED) is 0.0365. The van der Waals surface area contributed by atoms with Crippen LogP contribution < -0.4 is 0 Å². The molecule has 0 heterocycles. The molecule has 0 aliphatic rings. The lowest BCUT2D eigenvalue weighted by atomic mass is 9.95. The van der Waals surface area contributed by atoms with E-state index in [9.17, 15) is 19.2 Å². The van der Waals surface area contributed by atoms with Crippen LogP contribution in [-0.2, 0) is 18.9 Å². The van der Waals surface area contributed by atoms with Gasteiger partial charge in [0.15, 0.2) is 0 Å². The van der Waals surface area contributed by atoms with Crippen LogP contribution in [0.3, 0.4) is 0 Å². The van der Waals surface area contributed by atoms with Crippen molar-refractivity contribution in [2.45, 2.75) is 235 Å². The van der Waals surface area contributed by atoms with E-state index in [1.54, 1.807) is 0 Å². The van der Waals surface area contributed by atoms with E-state index in [-0.39, 0.29) is 48.7 Å². The van der Waals surface area contributed by atoms with Gasteiger partial charge in [-0.05, 0) is 61.5 Å². The van der Waals surface area contributed by atoms with Crippen LogP contribution in [0.25, 0.3) is 0 Å². The molecule has 0 amide bonds. The molecule has 0 aromatic heterocycles. The number of carbonyl (C=O) groups excluding carboxylic acids is 4. The summed E-state index contributed by atoms with van der Waals surface area (Å²) in [5.41, 5.74) is -0.757. The van der Waals surface area contributed by atoms with Crippen LogP contribution in [0.5, 0.6) is 0 Å². The zero-order valence-corrected chi connectivity index (χ0v) is 41.4. The van der Waals surface area contributed by atoms with Gasteiger partial charge < -0.3 is 18.9 Å². The van der Waals surface area contributed by atoms with Crippen molar-refractivity contribution in [1.29, 1.82) is 0 Å². The number of esters is 4. The number of hydrogen-bond acceptors (Lipinski definition) is 8. The summed E-state index contributed by atoms with van der Waals surface area (Å²) in [6.07, 6.45) is 29.8. The molecular formula is C54H94O8. The smallest absolute Gasteiger partial charge is 0.339 e. The van der Waals surface area contributed by atoms with Gasteiger partial charge in [-0.15, -0.1) is 0 Å². The van der Waals surface area contributed by atoms with Crippen LogP contribution in [0.1, 0.15) is 277 Å². The highest BCUT2D eigenvalue weighted by atomic mass is 16.5. The Morgan fingerprint density at radius 2 is 0.500 bits per heavy atom. The maximum absolute atomic E-state index is 14.0. The minimum absolute atomic E-state index is 0.101. The van der Waals surface area contributed by atoms with Gasteiger partial charge in [-0.1, -0.05) is 209 Å². The maximum atomic E-state index is 14.0. The maximum Gasteiger partial charge on any atom is 0.339 e. The molecule has 0 unspecified atom stereocenters. The summed E-state index contributed by atoms with van der Waals surface area (Å²) in [6.45, 7) is 18.6. The summed E-state index contributed by atoms with van der Waals surface area (Å²) < 4.78 is 23.0. The highest BCUT2D eigenvalue weighted by Gasteiger charge is 2.33. The minimum atomic E-state index is -0.837. The Balaban J connectivity index is 3.17. The molecule has 8 nitrogen and oxygen atoms in total. The average molecular weight is 871 g/mol. The molecule has 0 spiro atoms. The van der Waals surface area contributed by atoms with E-state index in [1.165, 1.54) is 89.2 Å². The van der Waals surface area contributed by atoms with Gasteiger partial charge in [0.1, 0.15) is 0 Å². The molecule has 1 aromatic rings. The highest BCUT2D eigenvalue weighted by Crippen LogP contribution is 2.26. The predicted octanol–water partition coefficient (Wildman–Crippen LogP) is 15.9. The largest absolute Gasteiger partial charge is 0.462 e. The molecule has 0 saturated heterocycles. The summed E-state index contributed by atoms with van der Waals surface area (Å²) in [4.78, 5) is 55.5. The van der Waals surface area contributed by atoms with E-state index in [0.29, 0.717) is 37.5 Å². The number of unbranched alkanes of at least 4 members (excludes halogenated alkanes) is 20. The number of ether oxygens (including phenoxy) is 4. The molecule has 62 heavy (non-hydrogen) atoms. The van der Waals surface area contributed by atoms with Gasteiger partial charge in [0.2, 0.25) is 0 Å². The Morgan fingerprint density at radius 3 is 0.726 bits per heavy atom. The summed E-state index contributed by atoms with van der Waals surface area (Å²) in [5, 5.41) is 0. The molecule has 0 saturated carbocycles. The Morgan fingerprint density at radius 1 is 0.306 bits per heavy atom. The fraction of sp³-hybridized carbons (Fsp3) is 0.815. The average Bonchev–Trinajstić information content (AvgIpc) is 3.22. The van der Waals surface area contributed by atoms with Crippen molar-refractivity contribution in [3.8, 4) is 0 Å². The normalized spacial score (nSPS) is 11.5. The van der Waals surface area contributed by atoms with E-state index in [0.717, 1.165) is 88.9 Å². The number of hydrogen-bond donors (Lipinski definition) is 0. The third-order valence-electron chi connectivity index (χ3n) is 11.7. The van der Waals surface area contributed by atoms with Crippen LogP contribution in [-0.4, -0.2) is 50.3 Å². The lowest BCUT2D eigenvalue weighted by Crippen LogP contribution is -2.24. The van der Waals surface area contributed by atoms with Gasteiger partial charge in [0.25, 0.3) is 0 Å². The first kappa shape index (κ1) is 57.1. The molecule has 0 fully saturated rings. The monoisotopic (exact) mass is 871 g/mol. The second-order valence-corrected chi connectivity index (χ2v) is 19.7. The van der Waals surface area contributed by atoms with Gasteiger partial charge in [0, 0.05) is 0 Å². The Hall–Kier alpha value is -2.90. The zero-order valence-electron chi connectivity index (χ0n) is 41.4. The molecule has 0 aliphatic carbocycles. The van der Waals surface area contributed by atoms with Gasteiger partial charge in [-0.3, -0.25) is 0 Å². The number of carbonyl (C=O) groups is 4. The van der Waals surface area contributed by atoms with Crippen molar-refractivity contribution in [2.75, 3.05) is 26.4 Å². The highest BCUT2D eigenvalue weighted by molar-refractivity contribution is 6.15. The molecule has 1 aromatic carbocycles. The molecule has 358 valence electrons. The lowest BCUT2D eigenvalue weighted by molar-refractivity contribution is 0.0415. The lowest BCUT2D eigenvalue weighted by Gasteiger charge is -2.17. The summed E-state index contributed by atoms with van der Waals surface area (Å²) in [6, 6.07) is 2.79. The summed E-state index contributed by atoms with van der Waals surface area (Å²) >= 11 is 0. The van der Waals surface area contributed by atoms with Gasteiger partial charge in [0.05, 0.1) is 48.7 Å². The first-order valence-electron chi connectivity index (χ1n) is 25.7. The minimum Gasteiger partial charge on any atom is -0.462 e. The van der Waals surface area contributed by atoms with Gasteiger partial charge >= 0.3 is 23.9 Å². The SMILES string of the molecule is CC(C)CCCCCCCCOC(=O)c1ccc(C(=O)OCCCCCCCCC(C)C)c(C(=O)OCCCCCCCCC(C)C)c1C(=O)OCCCCCCCCC(C)C. The van der Waals surface area contributed by atoms with Crippen LogP contribution in [0.2, 0.25) is 0 Å². The Bertz CT molecular complexity index is 1220. The number of benzene rings is 1. The van der Waals surface area contributed by atoms with E-state index >= 15 is 0 Å². The molecule has 0 atom stereocenters. The fourth-order valence-corrected chi connectivity index (χ4v) is 7.77. The Labute approximate surface area is 380 Å². The predicted molar refractivity (Wildman–Crippen MR) is 256 cm³/mol. The van der Waals surface area contributed by atoms with E-state index in [1.807, 2.05) is 0 Å². The van der Waals surface area contributed by atoms with Crippen molar-refractivity contribution >= 4 is 23.9 Å². The topological polar surface area (TPSA) is 105 Å². The molecule has 0 radical (unpaired) electrons. The van der Waals surface area contributed by atoms with Crippen molar-refractivity contribution in [2.24, 2.45) is 23.7 Å². The molecular weight excluding hydrogens is 777 g/mol.